The van der Waals surface area contributed by atoms with Crippen molar-refractivity contribution in [2.75, 3.05) is 26.4 Å². The van der Waals surface area contributed by atoms with Gasteiger partial charge in [0.1, 0.15) is 48.3 Å². The van der Waals surface area contributed by atoms with Gasteiger partial charge >= 0.3 is 11.9 Å². The number of nitrogens with two attached hydrogens (primary N) is 3. The third kappa shape index (κ3) is 22.5. The Kier molecular flexibility index (Phi) is 27.3. The molecule has 0 radical (unpaired) electrons. The molecule has 0 unspecified atom stereocenters. The van der Waals surface area contributed by atoms with Gasteiger partial charge in [-0.2, -0.15) is 0 Å². The van der Waals surface area contributed by atoms with Crippen LogP contribution in [0.4, 0.5) is 0 Å². The quantitative estimate of drug-likeness (QED) is 0.0177. The summed E-state index contributed by atoms with van der Waals surface area (Å²) in [5.74, 6) is -12.6. The minimum absolute atomic E-state index is 0.0556. The lowest BCUT2D eigenvalue weighted by molar-refractivity contribution is -0.144. The number of aliphatic carboxylic acids is 2. The second-order valence-electron chi connectivity index (χ2n) is 17.1. The van der Waals surface area contributed by atoms with Gasteiger partial charge in [0, 0.05) is 31.3 Å². The van der Waals surface area contributed by atoms with E-state index >= 15 is 0 Å². The van der Waals surface area contributed by atoms with Crippen LogP contribution >= 0.6 is 0 Å². The number of aromatic nitrogens is 2. The first-order chi connectivity index (χ1) is 33.3. The number of carboxylic acid groups (broad SMARTS) is 2. The van der Waals surface area contributed by atoms with E-state index in [0.29, 0.717) is 6.42 Å². The van der Waals surface area contributed by atoms with Crippen LogP contribution in [0.3, 0.4) is 0 Å². The molecule has 1 heterocycles. The highest BCUT2D eigenvalue weighted by molar-refractivity contribution is 5.98. The predicted molar refractivity (Wildman–Crippen MR) is 247 cm³/mol. The number of aliphatic hydroxyl groups excluding tert-OH is 4. The van der Waals surface area contributed by atoms with Gasteiger partial charge in [0.25, 0.3) is 0 Å². The number of nitrogens with zero attached hydrogens (tertiary/aromatic N) is 2. The smallest absolute Gasteiger partial charge is 0.326 e. The molecule has 0 aliphatic carbocycles. The zero-order chi connectivity index (χ0) is 54.1. The SMILES string of the molecule is CC(C)C[C@H](NC(=O)[C@@H](N)CCCN=C(N)N)C(=O)N[C@@H](CO)C(=O)N[C@H](C(=O)N[C@@H](CCC(=O)O)C(=O)N[C@@H](Cc1cnc[nH]1)C(=O)N[C@@H](CO)C(=O)N[C@@H](CO)C(=O)N[C@H](C(=O)O)C(C)C)[C@@H](C)O. The molecule has 0 saturated carbocycles. The summed E-state index contributed by atoms with van der Waals surface area (Å²) < 4.78 is 0. The highest BCUT2D eigenvalue weighted by atomic mass is 16.4. The summed E-state index contributed by atoms with van der Waals surface area (Å²) in [5, 5.41) is 77.4. The molecule has 10 atom stereocenters. The number of H-pyrrole nitrogens is 1. The minimum Gasteiger partial charge on any atom is -0.481 e. The number of carbonyl (C=O) groups excluding carboxylic acids is 8. The number of hydrogen-bond donors (Lipinski definition) is 18. The van der Waals surface area contributed by atoms with Crippen LogP contribution in [-0.4, -0.2) is 193 Å². The zero-order valence-electron chi connectivity index (χ0n) is 40.0. The summed E-state index contributed by atoms with van der Waals surface area (Å²) in [5.41, 5.74) is 16.8. The normalized spacial score (nSPS) is 15.4. The van der Waals surface area contributed by atoms with E-state index in [1.54, 1.807) is 13.8 Å². The molecule has 0 aliphatic rings. The maximum absolute atomic E-state index is 13.9. The van der Waals surface area contributed by atoms with E-state index in [0.717, 1.165) is 6.92 Å². The molecule has 0 spiro atoms. The van der Waals surface area contributed by atoms with Crippen LogP contribution in [0.1, 0.15) is 72.4 Å². The second-order valence-corrected chi connectivity index (χ2v) is 17.1. The molecule has 71 heavy (non-hydrogen) atoms. The Morgan fingerprint density at radius 3 is 1.51 bits per heavy atom. The fraction of sp³-hybridized carbons (Fsp3) is 0.659. The van der Waals surface area contributed by atoms with E-state index in [2.05, 4.69) is 57.5 Å². The Labute approximate surface area is 407 Å². The number of imidazole rings is 1. The maximum Gasteiger partial charge on any atom is 0.326 e. The topological polar surface area (TPSA) is 507 Å². The van der Waals surface area contributed by atoms with E-state index in [1.807, 2.05) is 0 Å². The Balaban J connectivity index is 3.31. The standard InChI is InChI=1S/C41H70N14O16/c1-18(2)11-24(49-32(62)22(42)7-6-10-46-41(43)44)34(64)52-28(16-58)38(68)55-31(20(5)59)39(69)48-23(8-9-29(60)61)33(63)50-25(12-21-13-45-17-47-21)35(65)51-26(14-56)36(66)53-27(15-57)37(67)54-30(19(3)4)40(70)71/h13,17-20,22-28,30-31,56-59H,6-12,14-16,42H2,1-5H3,(H,45,47)(H,48,69)(H,49,62)(H,50,63)(H,51,65)(H,52,64)(H,53,66)(H,54,67)(H,55,68)(H,60,61)(H,70,71)(H4,43,44,46)/t20-,22+,23+,24+,25+,26+,27+,28+,30+,31+/m1/s1. The first kappa shape index (κ1) is 62.0. The average Bonchev–Trinajstić information content (AvgIpc) is 3.81. The van der Waals surface area contributed by atoms with Crippen molar-refractivity contribution in [3.05, 3.63) is 18.2 Å². The van der Waals surface area contributed by atoms with Crippen LogP contribution in [0.2, 0.25) is 0 Å². The molecule has 400 valence electrons. The van der Waals surface area contributed by atoms with Crippen LogP contribution < -0.4 is 59.7 Å². The molecular weight excluding hydrogens is 945 g/mol. The highest BCUT2D eigenvalue weighted by Crippen LogP contribution is 2.09. The third-order valence-corrected chi connectivity index (χ3v) is 10.3. The summed E-state index contributed by atoms with van der Waals surface area (Å²) in [6.07, 6.45) is -0.540. The predicted octanol–water partition coefficient (Wildman–Crippen LogP) is -7.78. The van der Waals surface area contributed by atoms with Crippen molar-refractivity contribution < 1.29 is 78.6 Å². The number of amides is 8. The van der Waals surface area contributed by atoms with Gasteiger partial charge in [-0.15, -0.1) is 0 Å². The molecule has 0 aromatic carbocycles. The summed E-state index contributed by atoms with van der Waals surface area (Å²) >= 11 is 0. The Morgan fingerprint density at radius 1 is 0.620 bits per heavy atom. The summed E-state index contributed by atoms with van der Waals surface area (Å²) in [4.78, 5) is 140. The molecule has 30 nitrogen and oxygen atoms in total. The van der Waals surface area contributed by atoms with Crippen molar-refractivity contribution in [3.8, 4) is 0 Å². The van der Waals surface area contributed by atoms with Crippen molar-refractivity contribution in [1.29, 1.82) is 0 Å². The number of carboxylic acids is 2. The molecule has 0 saturated heterocycles. The molecule has 1 rings (SSSR count). The molecule has 1 aromatic heterocycles. The van der Waals surface area contributed by atoms with Crippen molar-refractivity contribution in [3.63, 3.8) is 0 Å². The summed E-state index contributed by atoms with van der Waals surface area (Å²) in [7, 11) is 0. The first-order valence-electron chi connectivity index (χ1n) is 22.4. The zero-order valence-corrected chi connectivity index (χ0v) is 40.0. The number of aliphatic hydroxyl groups is 4. The van der Waals surface area contributed by atoms with Gasteiger partial charge in [-0.05, 0) is 44.4 Å². The van der Waals surface area contributed by atoms with Gasteiger partial charge < -0.3 is 95.4 Å². The van der Waals surface area contributed by atoms with Crippen LogP contribution in [-0.2, 0) is 54.4 Å². The molecule has 0 fully saturated rings. The largest absolute Gasteiger partial charge is 0.481 e. The molecule has 8 amide bonds. The van der Waals surface area contributed by atoms with Crippen molar-refractivity contribution in [2.45, 2.75) is 134 Å². The second kappa shape index (κ2) is 31.3. The molecule has 0 aliphatic heterocycles. The van der Waals surface area contributed by atoms with Crippen LogP contribution in [0, 0.1) is 11.8 Å². The van der Waals surface area contributed by atoms with Crippen LogP contribution in [0.25, 0.3) is 0 Å². The number of guanidine groups is 1. The lowest BCUT2D eigenvalue weighted by Gasteiger charge is -2.28. The van der Waals surface area contributed by atoms with Crippen LogP contribution in [0.5, 0.6) is 0 Å². The Hall–Kier alpha value is -7.02. The summed E-state index contributed by atoms with van der Waals surface area (Å²) in [6.45, 7) is 4.53. The van der Waals surface area contributed by atoms with Crippen molar-refractivity contribution in [2.24, 2.45) is 34.0 Å². The maximum atomic E-state index is 13.9. The monoisotopic (exact) mass is 1010 g/mol. The van der Waals surface area contributed by atoms with Gasteiger partial charge in [-0.1, -0.05) is 27.7 Å². The van der Waals surface area contributed by atoms with E-state index in [4.69, 9.17) is 17.2 Å². The number of hydrogen-bond acceptors (Lipinski definition) is 17. The highest BCUT2D eigenvalue weighted by Gasteiger charge is 2.36. The fourth-order valence-corrected chi connectivity index (χ4v) is 6.35. The number of aromatic amines is 1. The lowest BCUT2D eigenvalue weighted by atomic mass is 10.0. The molecular formula is C41H70N14O16. The fourth-order valence-electron chi connectivity index (χ4n) is 6.35. The van der Waals surface area contributed by atoms with Gasteiger partial charge in [0.15, 0.2) is 5.96 Å². The van der Waals surface area contributed by atoms with E-state index in [1.165, 1.54) is 26.4 Å². The van der Waals surface area contributed by atoms with Gasteiger partial charge in [0.2, 0.25) is 47.3 Å². The molecule has 1 aromatic rings. The summed E-state index contributed by atoms with van der Waals surface area (Å²) in [6, 6.07) is -14.6. The van der Waals surface area contributed by atoms with E-state index < -0.39 is 165 Å². The van der Waals surface area contributed by atoms with Gasteiger partial charge in [-0.3, -0.25) is 48.1 Å². The molecule has 21 N–H and O–H groups in total. The lowest BCUT2D eigenvalue weighted by Crippen LogP contribution is -2.62. The average molecular weight is 1020 g/mol. The Morgan fingerprint density at radius 2 is 1.07 bits per heavy atom. The van der Waals surface area contributed by atoms with E-state index in [9.17, 15) is 78.6 Å². The van der Waals surface area contributed by atoms with Crippen LogP contribution in [0.15, 0.2) is 17.5 Å². The molecule has 0 bridgehead atoms. The molecule has 30 heteroatoms. The van der Waals surface area contributed by atoms with E-state index in [-0.39, 0.29) is 37.0 Å². The number of carbonyl (C=O) groups is 10. The third-order valence-electron chi connectivity index (χ3n) is 10.3. The van der Waals surface area contributed by atoms with Gasteiger partial charge in [-0.25, -0.2) is 9.78 Å². The first-order valence-corrected chi connectivity index (χ1v) is 22.4. The number of nitrogens with one attached hydrogen (secondary N) is 9. The van der Waals surface area contributed by atoms with Crippen molar-refractivity contribution in [1.82, 2.24) is 52.5 Å². The Bertz CT molecular complexity index is 1980. The number of rotatable bonds is 33. The minimum atomic E-state index is -1.94. The number of aliphatic imine (C=N–C) groups is 1. The van der Waals surface area contributed by atoms with Gasteiger partial charge in [0.05, 0.1) is 38.3 Å². The van der Waals surface area contributed by atoms with Crippen molar-refractivity contribution >= 4 is 65.2 Å².